The largest absolute Gasteiger partial charge is 0.341 e. The first kappa shape index (κ1) is 19.3. The van der Waals surface area contributed by atoms with Crippen LogP contribution in [0.1, 0.15) is 23.2 Å². The van der Waals surface area contributed by atoms with Crippen LogP contribution in [0, 0.1) is 5.92 Å². The molecule has 3 heterocycles. The van der Waals surface area contributed by atoms with Gasteiger partial charge in [0, 0.05) is 55.1 Å². The molecule has 148 valence electrons. The van der Waals surface area contributed by atoms with Crippen LogP contribution in [0.4, 0.5) is 0 Å². The number of amides is 1. The molecule has 1 aliphatic rings. The maximum Gasteiger partial charge on any atom is 0.253 e. The lowest BCUT2D eigenvalue weighted by Crippen LogP contribution is -2.39. The van der Waals surface area contributed by atoms with Crippen molar-refractivity contribution in [2.45, 2.75) is 12.8 Å². The van der Waals surface area contributed by atoms with Gasteiger partial charge in [0.25, 0.3) is 5.91 Å². The van der Waals surface area contributed by atoms with Gasteiger partial charge in [-0.1, -0.05) is 12.1 Å². The molecule has 1 aliphatic heterocycles. The first-order valence-corrected chi connectivity index (χ1v) is 10.1. The van der Waals surface area contributed by atoms with Gasteiger partial charge in [-0.3, -0.25) is 14.8 Å². The van der Waals surface area contributed by atoms with E-state index in [-0.39, 0.29) is 5.91 Å². The molecule has 29 heavy (non-hydrogen) atoms. The Labute approximate surface area is 171 Å². The van der Waals surface area contributed by atoms with Gasteiger partial charge in [-0.2, -0.15) is 0 Å². The van der Waals surface area contributed by atoms with Crippen molar-refractivity contribution in [3.8, 4) is 22.3 Å². The van der Waals surface area contributed by atoms with Gasteiger partial charge in [-0.15, -0.1) is 0 Å². The summed E-state index contributed by atoms with van der Waals surface area (Å²) < 4.78 is 0. The van der Waals surface area contributed by atoms with Crippen LogP contribution in [-0.2, 0) is 0 Å². The van der Waals surface area contributed by atoms with Crippen molar-refractivity contribution >= 4 is 5.91 Å². The van der Waals surface area contributed by atoms with Gasteiger partial charge in [0.15, 0.2) is 0 Å². The van der Waals surface area contributed by atoms with Gasteiger partial charge in [0.05, 0.1) is 0 Å². The molecule has 1 aromatic carbocycles. The second-order valence-electron chi connectivity index (χ2n) is 7.67. The van der Waals surface area contributed by atoms with E-state index in [1.165, 1.54) is 12.8 Å². The maximum atomic E-state index is 12.8. The summed E-state index contributed by atoms with van der Waals surface area (Å²) in [6.45, 7) is 2.88. The molecule has 5 nitrogen and oxygen atoms in total. The SMILES string of the molecule is CN(CC1CCCNC1)C(=O)c1ccc(-c2cncc(-c3ccncc3)c2)cc1. The van der Waals surface area contributed by atoms with Gasteiger partial charge in [-0.05, 0) is 73.3 Å². The summed E-state index contributed by atoms with van der Waals surface area (Å²) >= 11 is 0. The Morgan fingerprint density at radius 3 is 2.34 bits per heavy atom. The Balaban J connectivity index is 1.47. The zero-order valence-corrected chi connectivity index (χ0v) is 16.7. The number of carbonyl (C=O) groups is 1. The summed E-state index contributed by atoms with van der Waals surface area (Å²) in [5.74, 6) is 0.616. The number of pyridine rings is 2. The standard InChI is InChI=1S/C24H26N4O/c1-28(17-18-3-2-10-26-14-18)24(29)21-6-4-19(5-7-21)22-13-23(16-27-15-22)20-8-11-25-12-9-20/h4-9,11-13,15-16,18,26H,2-3,10,14,17H2,1H3. The number of nitrogens with zero attached hydrogens (tertiary/aromatic N) is 3. The fraction of sp³-hybridized carbons (Fsp3) is 0.292. The third kappa shape index (κ3) is 4.69. The molecule has 1 atom stereocenters. The van der Waals surface area contributed by atoms with Gasteiger partial charge in [0.2, 0.25) is 0 Å². The van der Waals surface area contributed by atoms with Gasteiger partial charge in [0.1, 0.15) is 0 Å². The van der Waals surface area contributed by atoms with Crippen LogP contribution in [0.25, 0.3) is 22.3 Å². The summed E-state index contributed by atoms with van der Waals surface area (Å²) in [5.41, 5.74) is 4.92. The molecule has 5 heteroatoms. The molecule has 4 rings (SSSR count). The number of aromatic nitrogens is 2. The van der Waals surface area contributed by atoms with Crippen molar-refractivity contribution in [3.63, 3.8) is 0 Å². The number of hydrogen-bond donors (Lipinski definition) is 1. The average molecular weight is 386 g/mol. The Morgan fingerprint density at radius 2 is 1.69 bits per heavy atom. The summed E-state index contributed by atoms with van der Waals surface area (Å²) in [7, 11) is 1.90. The van der Waals surface area contributed by atoms with E-state index in [1.807, 2.05) is 60.7 Å². The molecule has 0 saturated carbocycles. The fourth-order valence-electron chi connectivity index (χ4n) is 3.88. The summed E-state index contributed by atoms with van der Waals surface area (Å²) in [6, 6.07) is 13.9. The molecule has 1 N–H and O–H groups in total. The Kier molecular flexibility index (Phi) is 5.96. The van der Waals surface area contributed by atoms with E-state index in [9.17, 15) is 4.79 Å². The lowest BCUT2D eigenvalue weighted by atomic mass is 9.98. The van der Waals surface area contributed by atoms with E-state index in [0.29, 0.717) is 5.92 Å². The molecule has 1 saturated heterocycles. The highest BCUT2D eigenvalue weighted by Crippen LogP contribution is 2.25. The molecule has 1 fully saturated rings. The van der Waals surface area contributed by atoms with Gasteiger partial charge >= 0.3 is 0 Å². The third-order valence-corrected chi connectivity index (χ3v) is 5.49. The fourth-order valence-corrected chi connectivity index (χ4v) is 3.88. The number of rotatable bonds is 5. The number of nitrogens with one attached hydrogen (secondary N) is 1. The van der Waals surface area contributed by atoms with E-state index < -0.39 is 0 Å². The molecule has 3 aromatic rings. The van der Waals surface area contributed by atoms with E-state index in [4.69, 9.17) is 0 Å². The number of carbonyl (C=O) groups excluding carboxylic acids is 1. The second-order valence-corrected chi connectivity index (χ2v) is 7.67. The van der Waals surface area contributed by atoms with Crippen LogP contribution in [-0.4, -0.2) is 47.5 Å². The Bertz CT molecular complexity index is 950. The number of hydrogen-bond acceptors (Lipinski definition) is 4. The molecule has 0 spiro atoms. The molecule has 0 aliphatic carbocycles. The molecule has 1 unspecified atom stereocenters. The van der Waals surface area contributed by atoms with Crippen molar-refractivity contribution in [2.75, 3.05) is 26.7 Å². The van der Waals surface area contributed by atoms with Crippen LogP contribution >= 0.6 is 0 Å². The maximum absolute atomic E-state index is 12.8. The van der Waals surface area contributed by atoms with E-state index in [2.05, 4.69) is 21.4 Å². The van der Waals surface area contributed by atoms with Crippen LogP contribution < -0.4 is 5.32 Å². The minimum Gasteiger partial charge on any atom is -0.341 e. The molecule has 1 amide bonds. The first-order valence-electron chi connectivity index (χ1n) is 10.1. The molecular formula is C24H26N4O. The number of piperidine rings is 1. The molecular weight excluding hydrogens is 360 g/mol. The van der Waals surface area contributed by atoms with Gasteiger partial charge < -0.3 is 10.2 Å². The predicted octanol–water partition coefficient (Wildman–Crippen LogP) is 3.88. The molecule has 0 radical (unpaired) electrons. The Morgan fingerprint density at radius 1 is 1.00 bits per heavy atom. The van der Waals surface area contributed by atoms with Crippen LogP contribution in [0.5, 0.6) is 0 Å². The zero-order valence-electron chi connectivity index (χ0n) is 16.7. The Hall–Kier alpha value is -3.05. The minimum atomic E-state index is 0.0748. The summed E-state index contributed by atoms with van der Waals surface area (Å²) in [5, 5.41) is 3.41. The zero-order chi connectivity index (χ0) is 20.1. The van der Waals surface area contributed by atoms with Gasteiger partial charge in [-0.25, -0.2) is 0 Å². The number of benzene rings is 1. The first-order chi connectivity index (χ1) is 14.2. The second kappa shape index (κ2) is 8.97. The highest BCUT2D eigenvalue weighted by Gasteiger charge is 2.19. The predicted molar refractivity (Wildman–Crippen MR) is 115 cm³/mol. The van der Waals surface area contributed by atoms with Crippen LogP contribution in [0.2, 0.25) is 0 Å². The van der Waals surface area contributed by atoms with Crippen molar-refractivity contribution in [3.05, 3.63) is 72.8 Å². The molecule has 2 aromatic heterocycles. The monoisotopic (exact) mass is 386 g/mol. The average Bonchev–Trinajstić information content (AvgIpc) is 2.80. The molecule has 0 bridgehead atoms. The highest BCUT2D eigenvalue weighted by atomic mass is 16.2. The summed E-state index contributed by atoms with van der Waals surface area (Å²) in [4.78, 5) is 23.1. The van der Waals surface area contributed by atoms with Crippen molar-refractivity contribution in [1.29, 1.82) is 0 Å². The lowest BCUT2D eigenvalue weighted by molar-refractivity contribution is 0.0765. The topological polar surface area (TPSA) is 58.1 Å². The van der Waals surface area contributed by atoms with Crippen molar-refractivity contribution < 1.29 is 4.79 Å². The van der Waals surface area contributed by atoms with E-state index >= 15 is 0 Å². The van der Waals surface area contributed by atoms with Crippen molar-refractivity contribution in [1.82, 2.24) is 20.2 Å². The third-order valence-electron chi connectivity index (χ3n) is 5.49. The van der Waals surface area contributed by atoms with E-state index in [0.717, 1.165) is 47.5 Å². The normalized spacial score (nSPS) is 16.4. The summed E-state index contributed by atoms with van der Waals surface area (Å²) in [6.07, 6.45) is 9.64. The lowest BCUT2D eigenvalue weighted by Gasteiger charge is -2.27. The van der Waals surface area contributed by atoms with E-state index in [1.54, 1.807) is 12.4 Å². The van der Waals surface area contributed by atoms with Crippen LogP contribution in [0.3, 0.4) is 0 Å². The minimum absolute atomic E-state index is 0.0748. The quantitative estimate of drug-likeness (QED) is 0.723. The highest BCUT2D eigenvalue weighted by molar-refractivity contribution is 5.94. The smallest absolute Gasteiger partial charge is 0.253 e. The van der Waals surface area contributed by atoms with Crippen LogP contribution in [0.15, 0.2) is 67.3 Å². The van der Waals surface area contributed by atoms with Crippen molar-refractivity contribution in [2.24, 2.45) is 5.92 Å².